The first kappa shape index (κ1) is 17.0. The lowest BCUT2D eigenvalue weighted by Crippen LogP contribution is -2.18. The zero-order valence-corrected chi connectivity index (χ0v) is 11.9. The van der Waals surface area contributed by atoms with E-state index in [0.717, 1.165) is 25.7 Å². The summed E-state index contributed by atoms with van der Waals surface area (Å²) in [5, 5.41) is 25.6. The third-order valence-electron chi connectivity index (χ3n) is 2.58. The molecule has 0 aliphatic carbocycles. The molecule has 1 aromatic rings. The standard InChI is InChI=1S/C12H14N4O6/c1-3-4-5-13-14-12(17)8-6-9(15(18)19)11(22-2)10(7-8)16(20)21/h5-7H,3-4H2,1-2H3,(H,14,17)/b13-5+. The van der Waals surface area contributed by atoms with E-state index in [9.17, 15) is 25.0 Å². The molecule has 1 amide bonds. The maximum Gasteiger partial charge on any atom is 0.319 e. The number of nitro benzene ring substituents is 2. The molecule has 1 rings (SSSR count). The van der Waals surface area contributed by atoms with E-state index in [1.54, 1.807) is 0 Å². The van der Waals surface area contributed by atoms with Gasteiger partial charge in [0.05, 0.1) is 22.5 Å². The molecule has 0 aromatic heterocycles. The van der Waals surface area contributed by atoms with E-state index in [4.69, 9.17) is 4.74 Å². The van der Waals surface area contributed by atoms with Crippen molar-refractivity contribution >= 4 is 23.5 Å². The Kier molecular flexibility index (Phi) is 5.93. The van der Waals surface area contributed by atoms with Gasteiger partial charge in [0.15, 0.2) is 0 Å². The molecule has 0 spiro atoms. The van der Waals surface area contributed by atoms with Gasteiger partial charge in [-0.1, -0.05) is 13.3 Å². The molecule has 1 aromatic carbocycles. The van der Waals surface area contributed by atoms with E-state index in [2.05, 4.69) is 10.5 Å². The van der Waals surface area contributed by atoms with Gasteiger partial charge >= 0.3 is 11.4 Å². The van der Waals surface area contributed by atoms with Gasteiger partial charge in [-0.05, 0) is 6.42 Å². The molecule has 0 bridgehead atoms. The number of carbonyl (C=O) groups is 1. The Morgan fingerprint density at radius 1 is 1.32 bits per heavy atom. The monoisotopic (exact) mass is 310 g/mol. The van der Waals surface area contributed by atoms with Crippen LogP contribution in [0, 0.1) is 20.2 Å². The maximum absolute atomic E-state index is 11.8. The summed E-state index contributed by atoms with van der Waals surface area (Å²) in [6.07, 6.45) is 2.94. The molecule has 0 saturated heterocycles. The van der Waals surface area contributed by atoms with E-state index in [-0.39, 0.29) is 5.56 Å². The summed E-state index contributed by atoms with van der Waals surface area (Å²) in [5.41, 5.74) is 0.557. The largest absolute Gasteiger partial charge is 0.485 e. The first-order valence-electron chi connectivity index (χ1n) is 6.25. The van der Waals surface area contributed by atoms with E-state index in [1.165, 1.54) is 6.21 Å². The Balaban J connectivity index is 3.23. The van der Waals surface area contributed by atoms with Crippen molar-refractivity contribution in [1.82, 2.24) is 5.43 Å². The van der Waals surface area contributed by atoms with Crippen LogP contribution in [0.5, 0.6) is 5.75 Å². The number of nitrogens with zero attached hydrogens (tertiary/aromatic N) is 3. The lowest BCUT2D eigenvalue weighted by Gasteiger charge is -2.05. The summed E-state index contributed by atoms with van der Waals surface area (Å²) in [5.74, 6) is -1.30. The van der Waals surface area contributed by atoms with Gasteiger partial charge in [0.1, 0.15) is 0 Å². The van der Waals surface area contributed by atoms with E-state index < -0.39 is 32.9 Å². The normalized spacial score (nSPS) is 10.5. The van der Waals surface area contributed by atoms with Gasteiger partial charge in [-0.3, -0.25) is 25.0 Å². The van der Waals surface area contributed by atoms with Gasteiger partial charge in [0.2, 0.25) is 0 Å². The molecular weight excluding hydrogens is 296 g/mol. The first-order chi connectivity index (χ1) is 10.4. The molecule has 1 N–H and O–H groups in total. The van der Waals surface area contributed by atoms with Crippen LogP contribution < -0.4 is 10.2 Å². The highest BCUT2D eigenvalue weighted by molar-refractivity contribution is 5.96. The molecule has 0 atom stereocenters. The van der Waals surface area contributed by atoms with Crippen LogP contribution in [0.2, 0.25) is 0 Å². The fourth-order valence-corrected chi connectivity index (χ4v) is 1.57. The number of hydrazone groups is 1. The lowest BCUT2D eigenvalue weighted by atomic mass is 10.1. The summed E-state index contributed by atoms with van der Waals surface area (Å²) in [7, 11) is 1.07. The van der Waals surface area contributed by atoms with E-state index in [1.807, 2.05) is 6.92 Å². The van der Waals surface area contributed by atoms with Gasteiger partial charge < -0.3 is 4.74 Å². The number of benzene rings is 1. The number of hydrogen-bond donors (Lipinski definition) is 1. The predicted octanol–water partition coefficient (Wildman–Crippen LogP) is 2.03. The molecule has 0 unspecified atom stereocenters. The van der Waals surface area contributed by atoms with Gasteiger partial charge in [0.25, 0.3) is 11.7 Å². The highest BCUT2D eigenvalue weighted by Gasteiger charge is 2.29. The Morgan fingerprint density at radius 2 is 1.86 bits per heavy atom. The Labute approximate surface area is 125 Å². The van der Waals surface area contributed by atoms with Crippen LogP contribution in [-0.4, -0.2) is 29.1 Å². The van der Waals surface area contributed by atoms with Crippen molar-refractivity contribution in [3.05, 3.63) is 37.9 Å². The summed E-state index contributed by atoms with van der Waals surface area (Å²) >= 11 is 0. The number of nitro groups is 2. The first-order valence-corrected chi connectivity index (χ1v) is 6.25. The fourth-order valence-electron chi connectivity index (χ4n) is 1.57. The second-order valence-electron chi connectivity index (χ2n) is 4.10. The smallest absolute Gasteiger partial charge is 0.319 e. The van der Waals surface area contributed by atoms with Crippen LogP contribution in [0.4, 0.5) is 11.4 Å². The van der Waals surface area contributed by atoms with Crippen molar-refractivity contribution in [2.24, 2.45) is 5.10 Å². The summed E-state index contributed by atoms with van der Waals surface area (Å²) in [6.45, 7) is 1.92. The van der Waals surface area contributed by atoms with Crippen LogP contribution in [0.25, 0.3) is 0 Å². The minimum absolute atomic E-state index is 0.257. The molecular formula is C12H14N4O6. The fraction of sp³-hybridized carbons (Fsp3) is 0.333. The predicted molar refractivity (Wildman–Crippen MR) is 77.2 cm³/mol. The molecule has 118 valence electrons. The lowest BCUT2D eigenvalue weighted by molar-refractivity contribution is -0.395. The van der Waals surface area contributed by atoms with Gasteiger partial charge in [-0.15, -0.1) is 0 Å². The van der Waals surface area contributed by atoms with Crippen molar-refractivity contribution in [2.45, 2.75) is 19.8 Å². The maximum atomic E-state index is 11.8. The number of amides is 1. The summed E-state index contributed by atoms with van der Waals surface area (Å²) in [4.78, 5) is 32.1. The van der Waals surface area contributed by atoms with Gasteiger partial charge in [-0.25, -0.2) is 5.43 Å². The minimum atomic E-state index is -0.858. The zero-order chi connectivity index (χ0) is 16.7. The summed E-state index contributed by atoms with van der Waals surface area (Å²) < 4.78 is 4.70. The van der Waals surface area contributed by atoms with E-state index in [0.29, 0.717) is 6.42 Å². The molecule has 10 nitrogen and oxygen atoms in total. The third kappa shape index (κ3) is 3.98. The summed E-state index contributed by atoms with van der Waals surface area (Å²) in [6, 6.07) is 1.80. The molecule has 0 aliphatic heterocycles. The van der Waals surface area contributed by atoms with Crippen molar-refractivity contribution in [1.29, 1.82) is 0 Å². The zero-order valence-electron chi connectivity index (χ0n) is 11.9. The number of methoxy groups -OCH3 is 1. The third-order valence-corrected chi connectivity index (χ3v) is 2.58. The second-order valence-corrected chi connectivity index (χ2v) is 4.10. The van der Waals surface area contributed by atoms with Crippen molar-refractivity contribution < 1.29 is 19.4 Å². The molecule has 10 heteroatoms. The average Bonchev–Trinajstić information content (AvgIpc) is 2.49. The second kappa shape index (κ2) is 7.67. The Bertz CT molecular complexity index is 593. The van der Waals surface area contributed by atoms with Crippen molar-refractivity contribution in [3.8, 4) is 5.75 Å². The molecule has 0 aliphatic rings. The average molecular weight is 310 g/mol. The number of rotatable bonds is 7. The van der Waals surface area contributed by atoms with Crippen molar-refractivity contribution in [3.63, 3.8) is 0 Å². The number of carbonyl (C=O) groups excluding carboxylic acids is 1. The van der Waals surface area contributed by atoms with Crippen LogP contribution in [0.1, 0.15) is 30.1 Å². The SMILES string of the molecule is CCC/C=N/NC(=O)c1cc([N+](=O)[O-])c(OC)c([N+](=O)[O-])c1. The number of ether oxygens (including phenoxy) is 1. The highest BCUT2D eigenvalue weighted by atomic mass is 16.6. The molecule has 0 radical (unpaired) electrons. The van der Waals surface area contributed by atoms with Gasteiger partial charge in [0, 0.05) is 18.3 Å². The van der Waals surface area contributed by atoms with Crippen LogP contribution in [0.3, 0.4) is 0 Å². The van der Waals surface area contributed by atoms with Crippen LogP contribution in [-0.2, 0) is 0 Å². The number of hydrogen-bond acceptors (Lipinski definition) is 7. The van der Waals surface area contributed by atoms with E-state index >= 15 is 0 Å². The Morgan fingerprint density at radius 3 is 2.27 bits per heavy atom. The topological polar surface area (TPSA) is 137 Å². The van der Waals surface area contributed by atoms with Crippen molar-refractivity contribution in [2.75, 3.05) is 7.11 Å². The molecule has 0 fully saturated rings. The van der Waals surface area contributed by atoms with Crippen LogP contribution >= 0.6 is 0 Å². The van der Waals surface area contributed by atoms with Gasteiger partial charge in [-0.2, -0.15) is 5.10 Å². The van der Waals surface area contributed by atoms with Crippen LogP contribution in [0.15, 0.2) is 17.2 Å². The quantitative estimate of drug-likeness (QED) is 0.464. The Hall–Kier alpha value is -3.04. The number of nitrogens with one attached hydrogen (secondary N) is 1. The number of unbranched alkanes of at least 4 members (excludes halogenated alkanes) is 1. The highest BCUT2D eigenvalue weighted by Crippen LogP contribution is 2.37. The molecule has 22 heavy (non-hydrogen) atoms. The molecule has 0 heterocycles. The molecule has 0 saturated carbocycles. The minimum Gasteiger partial charge on any atom is -0.485 e.